The fourth-order valence-electron chi connectivity index (χ4n) is 3.83. The third-order valence-electron chi connectivity index (χ3n) is 5.19. The molecule has 1 aromatic heterocycles. The van der Waals surface area contributed by atoms with Crippen molar-refractivity contribution in [2.45, 2.75) is 64.1 Å². The molecule has 2 heterocycles. The van der Waals surface area contributed by atoms with Crippen molar-refractivity contribution in [3.63, 3.8) is 0 Å². The maximum Gasteiger partial charge on any atom is 0.252 e. The number of aromatic nitrogens is 2. The summed E-state index contributed by atoms with van der Waals surface area (Å²) in [6.45, 7) is 2.70. The highest BCUT2D eigenvalue weighted by atomic mass is 16.5. The van der Waals surface area contributed by atoms with Crippen LogP contribution in [0.1, 0.15) is 56.7 Å². The normalized spacial score (nSPS) is 21.0. The van der Waals surface area contributed by atoms with E-state index in [9.17, 15) is 4.79 Å². The van der Waals surface area contributed by atoms with Gasteiger partial charge in [0.1, 0.15) is 6.61 Å². The van der Waals surface area contributed by atoms with Gasteiger partial charge in [-0.3, -0.25) is 4.79 Å². The molecule has 0 radical (unpaired) electrons. The summed E-state index contributed by atoms with van der Waals surface area (Å²) in [6, 6.07) is 0.751. The van der Waals surface area contributed by atoms with E-state index in [0.29, 0.717) is 24.9 Å². The van der Waals surface area contributed by atoms with Gasteiger partial charge in [-0.25, -0.2) is 0 Å². The summed E-state index contributed by atoms with van der Waals surface area (Å²) >= 11 is 0. The zero-order valence-corrected chi connectivity index (χ0v) is 14.5. The van der Waals surface area contributed by atoms with Gasteiger partial charge in [-0.1, -0.05) is 24.4 Å². The Kier molecular flexibility index (Phi) is 6.20. The first-order valence-corrected chi connectivity index (χ1v) is 9.08. The Morgan fingerprint density at radius 2 is 2.00 bits per heavy atom. The average Bonchev–Trinajstić information content (AvgIpc) is 3.08. The molecule has 1 saturated carbocycles. The number of ether oxygens (including phenoxy) is 1. The summed E-state index contributed by atoms with van der Waals surface area (Å²) in [4.78, 5) is 19.1. The third-order valence-corrected chi connectivity index (χ3v) is 5.19. The van der Waals surface area contributed by atoms with Crippen LogP contribution in [-0.2, 0) is 22.7 Å². The first kappa shape index (κ1) is 17.4. The van der Waals surface area contributed by atoms with Crippen molar-refractivity contribution < 1.29 is 14.1 Å². The molecule has 1 amide bonds. The van der Waals surface area contributed by atoms with Gasteiger partial charge in [-0.2, -0.15) is 4.98 Å². The number of rotatable bonds is 6. The third kappa shape index (κ3) is 4.54. The van der Waals surface area contributed by atoms with Crippen LogP contribution >= 0.6 is 0 Å². The fourth-order valence-corrected chi connectivity index (χ4v) is 3.83. The molecule has 2 fully saturated rings. The van der Waals surface area contributed by atoms with Gasteiger partial charge in [-0.05, 0) is 38.8 Å². The van der Waals surface area contributed by atoms with Crippen LogP contribution in [0, 0.1) is 5.92 Å². The minimum Gasteiger partial charge on any atom is -0.375 e. The van der Waals surface area contributed by atoms with Gasteiger partial charge in [0, 0.05) is 19.1 Å². The molecule has 7 heteroatoms. The van der Waals surface area contributed by atoms with E-state index in [0.717, 1.165) is 32.0 Å². The van der Waals surface area contributed by atoms with Crippen LogP contribution in [0.2, 0.25) is 0 Å². The van der Waals surface area contributed by atoms with Crippen LogP contribution in [0.15, 0.2) is 4.52 Å². The van der Waals surface area contributed by atoms with Gasteiger partial charge < -0.3 is 19.5 Å². The zero-order valence-electron chi connectivity index (χ0n) is 14.5. The Labute approximate surface area is 143 Å². The molecular formula is C17H28N4O3. The maximum atomic E-state index is 12.3. The predicted octanol–water partition coefficient (Wildman–Crippen LogP) is 1.88. The van der Waals surface area contributed by atoms with Crippen molar-refractivity contribution in [3.8, 4) is 0 Å². The average molecular weight is 336 g/mol. The van der Waals surface area contributed by atoms with Crippen molar-refractivity contribution >= 4 is 5.91 Å². The van der Waals surface area contributed by atoms with E-state index >= 15 is 0 Å². The first-order chi connectivity index (χ1) is 11.8. The number of hydrogen-bond donors (Lipinski definition) is 1. The van der Waals surface area contributed by atoms with Crippen LogP contribution in [0.5, 0.6) is 0 Å². The number of carbonyl (C=O) groups excluding carboxylic acids is 1. The van der Waals surface area contributed by atoms with Crippen molar-refractivity contribution in [1.29, 1.82) is 0 Å². The highest BCUT2D eigenvalue weighted by molar-refractivity contribution is 5.78. The quantitative estimate of drug-likeness (QED) is 0.854. The van der Waals surface area contributed by atoms with Crippen molar-refractivity contribution in [2.75, 3.05) is 20.2 Å². The fraction of sp³-hybridized carbons (Fsp3) is 0.824. The number of piperidine rings is 1. The smallest absolute Gasteiger partial charge is 0.252 e. The summed E-state index contributed by atoms with van der Waals surface area (Å²) < 4.78 is 9.95. The summed E-state index contributed by atoms with van der Waals surface area (Å²) in [6.07, 6.45) is 8.67. The van der Waals surface area contributed by atoms with E-state index in [-0.39, 0.29) is 11.8 Å². The van der Waals surface area contributed by atoms with Crippen LogP contribution < -0.4 is 5.32 Å². The summed E-state index contributed by atoms with van der Waals surface area (Å²) in [5.74, 6) is 1.14. The van der Waals surface area contributed by atoms with E-state index in [1.807, 2.05) is 0 Å². The summed E-state index contributed by atoms with van der Waals surface area (Å²) in [5, 5.41) is 6.77. The lowest BCUT2D eigenvalue weighted by Crippen LogP contribution is -2.45. The maximum absolute atomic E-state index is 12.3. The number of methoxy groups -OCH3 is 1. The van der Waals surface area contributed by atoms with Gasteiger partial charge in [0.05, 0.1) is 6.54 Å². The monoisotopic (exact) mass is 336 g/mol. The van der Waals surface area contributed by atoms with Gasteiger partial charge in [-0.15, -0.1) is 0 Å². The number of nitrogens with zero attached hydrogens (tertiary/aromatic N) is 3. The largest absolute Gasteiger partial charge is 0.375 e. The standard InChI is InChI=1S/C17H28N4O3/c1-23-12-16-19-15(20-24-16)11-18-17(22)13-7-9-21(10-8-13)14-5-3-2-4-6-14/h13-14H,2-12H2,1H3,(H,18,22). The molecule has 0 spiro atoms. The molecule has 2 aliphatic rings. The molecule has 1 aromatic rings. The predicted molar refractivity (Wildman–Crippen MR) is 88.0 cm³/mol. The molecule has 1 saturated heterocycles. The molecule has 0 aromatic carbocycles. The highest BCUT2D eigenvalue weighted by Gasteiger charge is 2.29. The van der Waals surface area contributed by atoms with Crippen LogP contribution in [0.4, 0.5) is 0 Å². The van der Waals surface area contributed by atoms with Gasteiger partial charge in [0.25, 0.3) is 5.89 Å². The molecular weight excluding hydrogens is 308 g/mol. The molecule has 1 aliphatic heterocycles. The number of likely N-dealkylation sites (tertiary alicyclic amines) is 1. The minimum absolute atomic E-state index is 0.107. The molecule has 1 aliphatic carbocycles. The topological polar surface area (TPSA) is 80.5 Å². The number of nitrogens with one attached hydrogen (secondary N) is 1. The first-order valence-electron chi connectivity index (χ1n) is 9.08. The molecule has 0 bridgehead atoms. The minimum atomic E-state index is 0.107. The molecule has 1 N–H and O–H groups in total. The molecule has 24 heavy (non-hydrogen) atoms. The summed E-state index contributed by atoms with van der Waals surface area (Å²) in [5.41, 5.74) is 0. The zero-order chi connectivity index (χ0) is 16.8. The highest BCUT2D eigenvalue weighted by Crippen LogP contribution is 2.27. The van der Waals surface area contributed by atoms with Crippen molar-refractivity contribution in [1.82, 2.24) is 20.4 Å². The van der Waals surface area contributed by atoms with Crippen LogP contribution in [0.3, 0.4) is 0 Å². The van der Waals surface area contributed by atoms with Crippen molar-refractivity contribution in [2.24, 2.45) is 5.92 Å². The van der Waals surface area contributed by atoms with E-state index < -0.39 is 0 Å². The Hall–Kier alpha value is -1.47. The Morgan fingerprint density at radius 3 is 2.71 bits per heavy atom. The number of carbonyl (C=O) groups is 1. The van der Waals surface area contributed by atoms with Crippen LogP contribution in [0.25, 0.3) is 0 Å². The molecule has 134 valence electrons. The second kappa shape index (κ2) is 8.58. The Morgan fingerprint density at radius 1 is 1.25 bits per heavy atom. The van der Waals surface area contributed by atoms with Gasteiger partial charge in [0.2, 0.25) is 5.91 Å². The summed E-state index contributed by atoms with van der Waals surface area (Å²) in [7, 11) is 1.57. The van der Waals surface area contributed by atoms with Crippen LogP contribution in [-0.4, -0.2) is 47.2 Å². The Balaban J connectivity index is 1.39. The van der Waals surface area contributed by atoms with E-state index in [1.165, 1.54) is 32.1 Å². The van der Waals surface area contributed by atoms with E-state index in [2.05, 4.69) is 20.4 Å². The molecule has 0 atom stereocenters. The lowest BCUT2D eigenvalue weighted by molar-refractivity contribution is -0.126. The lowest BCUT2D eigenvalue weighted by Gasteiger charge is -2.38. The second-order valence-corrected chi connectivity index (χ2v) is 6.86. The van der Waals surface area contributed by atoms with E-state index in [1.54, 1.807) is 7.11 Å². The number of amides is 1. The number of hydrogen-bond acceptors (Lipinski definition) is 6. The van der Waals surface area contributed by atoms with Gasteiger partial charge >= 0.3 is 0 Å². The molecule has 3 rings (SSSR count). The Bertz CT molecular complexity index is 520. The van der Waals surface area contributed by atoms with E-state index in [4.69, 9.17) is 9.26 Å². The van der Waals surface area contributed by atoms with Gasteiger partial charge in [0.15, 0.2) is 5.82 Å². The molecule has 7 nitrogen and oxygen atoms in total. The van der Waals surface area contributed by atoms with Crippen molar-refractivity contribution in [3.05, 3.63) is 11.7 Å². The lowest BCUT2D eigenvalue weighted by atomic mass is 9.90. The SMILES string of the molecule is COCc1nc(CNC(=O)C2CCN(C3CCCCC3)CC2)no1. The molecule has 0 unspecified atom stereocenters. The second-order valence-electron chi connectivity index (χ2n) is 6.86.